The van der Waals surface area contributed by atoms with Gasteiger partial charge in [0, 0.05) is 87.5 Å². The lowest BCUT2D eigenvalue weighted by molar-refractivity contribution is -0.155. The number of cyclic esters (lactones) is 1. The molecule has 7 rings (SSSR count). The largest absolute Gasteiger partial charge is 0.508 e. The highest BCUT2D eigenvalue weighted by molar-refractivity contribution is 5.96. The predicted molar refractivity (Wildman–Crippen MR) is 242 cm³/mol. The van der Waals surface area contributed by atoms with Gasteiger partial charge in [0.05, 0.1) is 24.8 Å². The standard InChI is InChI=1S/C49H63N7O8/c1-9-54-26-34(23-42(54)58)46(60)53(7)43(29(3)4)45(59)51-40-20-30-18-33(21-35(57)19-30)31-13-14-41-36(22-31)37(44(55(41)10-2)38-25-50-16-15-32(38)27-63-8)24-49(5,6)28-64-48(62)39-12-11-17-56(52-39)47(40)61/h13-16,18-19,21-22,25,29,34,39-40,43,52,57H,9-12,17,20,23-24,26-28H2,1-8H3,(H,51,59)/t34-,39-,40-,43?/m0/s1. The fourth-order valence-corrected chi connectivity index (χ4v) is 9.78. The van der Waals surface area contributed by atoms with Crippen molar-refractivity contribution in [2.75, 3.05) is 40.4 Å². The third-order valence-electron chi connectivity index (χ3n) is 12.9. The van der Waals surface area contributed by atoms with Gasteiger partial charge in [0.15, 0.2) is 0 Å². The number of ether oxygens (including phenoxy) is 2. The summed E-state index contributed by atoms with van der Waals surface area (Å²) in [7, 11) is 3.24. The zero-order chi connectivity index (χ0) is 46.0. The van der Waals surface area contributed by atoms with Crippen LogP contribution in [0.3, 0.4) is 0 Å². The minimum atomic E-state index is -1.16. The number of fused-ring (bicyclic) bond motifs is 6. The molecule has 3 aliphatic heterocycles. The summed E-state index contributed by atoms with van der Waals surface area (Å²) < 4.78 is 14.0. The van der Waals surface area contributed by atoms with Crippen LogP contribution in [-0.2, 0) is 59.4 Å². The molecule has 2 saturated heterocycles. The summed E-state index contributed by atoms with van der Waals surface area (Å²) in [6.45, 7) is 14.0. The number of esters is 1. The second-order valence-electron chi connectivity index (χ2n) is 18.7. The Morgan fingerprint density at radius 3 is 2.55 bits per heavy atom. The van der Waals surface area contributed by atoms with Crippen molar-refractivity contribution in [2.24, 2.45) is 17.3 Å². The third kappa shape index (κ3) is 9.51. The zero-order valence-electron chi connectivity index (χ0n) is 38.4. The summed E-state index contributed by atoms with van der Waals surface area (Å²) in [5, 5.41) is 16.7. The average Bonchev–Trinajstić information content (AvgIpc) is 3.80. The summed E-state index contributed by atoms with van der Waals surface area (Å²) >= 11 is 0. The van der Waals surface area contributed by atoms with Gasteiger partial charge in [-0.2, -0.15) is 0 Å². The second-order valence-corrected chi connectivity index (χ2v) is 18.7. The Balaban J connectivity index is 1.31. The number of benzene rings is 2. The first kappa shape index (κ1) is 46.2. The van der Waals surface area contributed by atoms with E-state index in [0.29, 0.717) is 44.5 Å². The molecule has 15 nitrogen and oxygen atoms in total. The number of nitrogens with zero attached hydrogens (tertiary/aromatic N) is 5. The van der Waals surface area contributed by atoms with Crippen LogP contribution in [0.25, 0.3) is 33.3 Å². The lowest BCUT2D eigenvalue weighted by Gasteiger charge is -2.37. The number of hydrogen-bond donors (Lipinski definition) is 3. The number of phenolic OH excluding ortho intramolecular Hbond substituents is 1. The zero-order valence-corrected chi connectivity index (χ0v) is 38.4. The number of pyridine rings is 1. The molecule has 1 unspecified atom stereocenters. The first-order chi connectivity index (χ1) is 30.5. The normalized spacial score (nSPS) is 20.9. The first-order valence-electron chi connectivity index (χ1n) is 22.5. The number of likely N-dealkylation sites (tertiary alicyclic amines) is 1. The van der Waals surface area contributed by atoms with Crippen LogP contribution < -0.4 is 10.7 Å². The smallest absolute Gasteiger partial charge is 0.324 e. The quantitative estimate of drug-likeness (QED) is 0.179. The van der Waals surface area contributed by atoms with E-state index in [9.17, 15) is 29.1 Å². The number of hydrazine groups is 1. The second kappa shape index (κ2) is 19.1. The Morgan fingerprint density at radius 1 is 1.06 bits per heavy atom. The van der Waals surface area contributed by atoms with Gasteiger partial charge in [0.1, 0.15) is 23.9 Å². The van der Waals surface area contributed by atoms with Crippen LogP contribution in [-0.4, -0.2) is 118 Å². The van der Waals surface area contributed by atoms with Crippen LogP contribution in [0, 0.1) is 17.3 Å². The van der Waals surface area contributed by atoms with Gasteiger partial charge in [-0.15, -0.1) is 0 Å². The van der Waals surface area contributed by atoms with Crippen LogP contribution in [0.15, 0.2) is 54.9 Å². The van der Waals surface area contributed by atoms with Crippen molar-refractivity contribution in [3.8, 4) is 28.1 Å². The van der Waals surface area contributed by atoms with Gasteiger partial charge in [-0.25, -0.2) is 5.43 Å². The molecule has 0 aliphatic carbocycles. The van der Waals surface area contributed by atoms with Crippen molar-refractivity contribution < 1.29 is 38.6 Å². The molecule has 4 amide bonds. The minimum absolute atomic E-state index is 0.00828. The number of carbonyl (C=O) groups is 5. The van der Waals surface area contributed by atoms with Crippen LogP contribution in [0.5, 0.6) is 5.75 Å². The van der Waals surface area contributed by atoms with Crippen molar-refractivity contribution >= 4 is 40.5 Å². The summed E-state index contributed by atoms with van der Waals surface area (Å²) in [5.41, 5.74) is 9.74. The first-order valence-corrected chi connectivity index (χ1v) is 22.5. The molecule has 5 heterocycles. The summed E-state index contributed by atoms with van der Waals surface area (Å²) in [6, 6.07) is 10.5. The number of carbonyl (C=O) groups excluding carboxylic acids is 5. The van der Waals surface area contributed by atoms with Crippen LogP contribution in [0.4, 0.5) is 0 Å². The highest BCUT2D eigenvalue weighted by Gasteiger charge is 2.41. The number of aromatic nitrogens is 2. The maximum atomic E-state index is 14.7. The molecule has 64 heavy (non-hydrogen) atoms. The van der Waals surface area contributed by atoms with E-state index in [0.717, 1.165) is 44.4 Å². The van der Waals surface area contributed by atoms with Gasteiger partial charge in [0.25, 0.3) is 5.91 Å². The molecular formula is C49H63N7O8. The lowest BCUT2D eigenvalue weighted by atomic mass is 9.84. The van der Waals surface area contributed by atoms with Crippen molar-refractivity contribution in [2.45, 2.75) is 105 Å². The molecule has 0 saturated carbocycles. The van der Waals surface area contributed by atoms with E-state index in [1.54, 1.807) is 37.4 Å². The average molecular weight is 878 g/mol. The van der Waals surface area contributed by atoms with Crippen molar-refractivity contribution in [3.05, 3.63) is 71.5 Å². The molecular weight excluding hydrogens is 815 g/mol. The minimum Gasteiger partial charge on any atom is -0.508 e. The molecule has 342 valence electrons. The molecule has 6 bridgehead atoms. The van der Waals surface area contributed by atoms with Gasteiger partial charge in [0.2, 0.25) is 17.7 Å². The molecule has 0 radical (unpaired) electrons. The SMILES string of the molecule is CCN1C[C@@H](C(=O)N(C)C(C(=O)N[C@H]2Cc3cc(O)cc(c3)-c3ccc4c(c3)c(c(-c3cnccc3COC)n4CC)CC(C)(C)COC(=O)[C@@H]3CCCN(N3)C2=O)C(C)C)CC1=O. The molecule has 2 aromatic carbocycles. The highest BCUT2D eigenvalue weighted by Crippen LogP contribution is 2.41. The van der Waals surface area contributed by atoms with Gasteiger partial charge < -0.3 is 34.3 Å². The Labute approximate surface area is 375 Å². The maximum absolute atomic E-state index is 14.7. The number of methoxy groups -OCH3 is 1. The topological polar surface area (TPSA) is 176 Å². The number of aromatic hydroxyl groups is 1. The molecule has 4 atom stereocenters. The highest BCUT2D eigenvalue weighted by atomic mass is 16.5. The number of phenols is 1. The Hall–Kier alpha value is -5.80. The number of hydrogen-bond acceptors (Lipinski definition) is 10. The van der Waals surface area contributed by atoms with E-state index >= 15 is 0 Å². The number of likely N-dealkylation sites (N-methyl/N-ethyl adjacent to an activating group) is 1. The molecule has 2 fully saturated rings. The maximum Gasteiger partial charge on any atom is 0.324 e. The van der Waals surface area contributed by atoms with Crippen LogP contribution in [0.2, 0.25) is 0 Å². The monoisotopic (exact) mass is 877 g/mol. The molecule has 3 N–H and O–H groups in total. The summed E-state index contributed by atoms with van der Waals surface area (Å²) in [4.78, 5) is 77.0. The van der Waals surface area contributed by atoms with Crippen molar-refractivity contribution in [1.82, 2.24) is 35.1 Å². The molecule has 4 aromatic rings. The number of aryl methyl sites for hydroxylation is 1. The van der Waals surface area contributed by atoms with Crippen molar-refractivity contribution in [3.63, 3.8) is 0 Å². The summed E-state index contributed by atoms with van der Waals surface area (Å²) in [5.74, 6) is -2.84. The molecule has 3 aliphatic rings. The van der Waals surface area contributed by atoms with E-state index in [2.05, 4.69) is 53.2 Å². The van der Waals surface area contributed by atoms with Gasteiger partial charge >= 0.3 is 5.97 Å². The van der Waals surface area contributed by atoms with E-state index in [1.165, 1.54) is 9.91 Å². The Bertz CT molecular complexity index is 2430. The van der Waals surface area contributed by atoms with Gasteiger partial charge in [-0.05, 0) is 97.2 Å². The van der Waals surface area contributed by atoms with E-state index < -0.39 is 47.2 Å². The third-order valence-corrected chi connectivity index (χ3v) is 12.9. The fourth-order valence-electron chi connectivity index (χ4n) is 9.78. The number of nitrogens with one attached hydrogen (secondary N) is 2. The van der Waals surface area contributed by atoms with E-state index in [1.807, 2.05) is 45.2 Å². The summed E-state index contributed by atoms with van der Waals surface area (Å²) in [6.07, 6.45) is 5.21. The fraction of sp³-hybridized carbons (Fsp3) is 0.510. The van der Waals surface area contributed by atoms with E-state index in [4.69, 9.17) is 9.47 Å². The Kier molecular flexibility index (Phi) is 13.8. The van der Waals surface area contributed by atoms with Crippen LogP contribution >= 0.6 is 0 Å². The molecule has 15 heteroatoms. The Morgan fingerprint density at radius 2 is 1.84 bits per heavy atom. The van der Waals surface area contributed by atoms with Crippen LogP contribution in [0.1, 0.15) is 77.5 Å². The van der Waals surface area contributed by atoms with E-state index in [-0.39, 0.29) is 56.0 Å². The molecule has 2 aromatic heterocycles. The predicted octanol–water partition coefficient (Wildman–Crippen LogP) is 5.24. The van der Waals surface area contributed by atoms with Gasteiger partial charge in [-0.3, -0.25) is 34.0 Å². The van der Waals surface area contributed by atoms with Crippen molar-refractivity contribution in [1.29, 1.82) is 0 Å². The molecule has 0 spiro atoms. The number of amides is 4. The van der Waals surface area contributed by atoms with Gasteiger partial charge in [-0.1, -0.05) is 39.8 Å². The lowest BCUT2D eigenvalue weighted by Crippen LogP contribution is -2.62. The number of rotatable bonds is 10.